The Labute approximate surface area is 172 Å². The highest BCUT2D eigenvalue weighted by Crippen LogP contribution is 2.26. The molecule has 1 aliphatic heterocycles. The van der Waals surface area contributed by atoms with E-state index in [1.807, 2.05) is 30.3 Å². The summed E-state index contributed by atoms with van der Waals surface area (Å²) in [5.74, 6) is 0.695. The molecule has 2 aromatic carbocycles. The second-order valence-corrected chi connectivity index (χ2v) is 9.21. The number of carbonyl (C=O) groups is 1. The Morgan fingerprint density at radius 1 is 1.14 bits per heavy atom. The average molecular weight is 417 g/mol. The molecule has 0 aromatic heterocycles. The maximum Gasteiger partial charge on any atom is 0.253 e. The fraction of sp³-hybridized carbons (Fsp3) is 0.409. The smallest absolute Gasteiger partial charge is 0.253 e. The maximum atomic E-state index is 12.9. The molecular formula is C22H28N2O4S. The SMILES string of the molecule is COc1ccc(C(=O)N2CCC(C)CC2)cc1S(=O)(=O)NCCc1ccccc1. The van der Waals surface area contributed by atoms with Crippen LogP contribution in [0.3, 0.4) is 0 Å². The lowest BCUT2D eigenvalue weighted by Crippen LogP contribution is -2.38. The number of sulfonamides is 1. The predicted molar refractivity (Wildman–Crippen MR) is 113 cm³/mol. The highest BCUT2D eigenvalue weighted by molar-refractivity contribution is 7.89. The largest absolute Gasteiger partial charge is 0.495 e. The van der Waals surface area contributed by atoms with Crippen molar-refractivity contribution in [2.75, 3.05) is 26.7 Å². The van der Waals surface area contributed by atoms with E-state index < -0.39 is 10.0 Å². The molecule has 0 aliphatic carbocycles. The Morgan fingerprint density at radius 2 is 1.83 bits per heavy atom. The molecule has 0 unspecified atom stereocenters. The number of piperidine rings is 1. The molecule has 1 saturated heterocycles. The Hall–Kier alpha value is -2.38. The molecule has 0 saturated carbocycles. The molecule has 1 fully saturated rings. The van der Waals surface area contributed by atoms with Gasteiger partial charge in [-0.2, -0.15) is 0 Å². The van der Waals surface area contributed by atoms with Crippen molar-refractivity contribution in [1.29, 1.82) is 0 Å². The van der Waals surface area contributed by atoms with Crippen LogP contribution in [0.4, 0.5) is 0 Å². The van der Waals surface area contributed by atoms with Crippen LogP contribution in [0.5, 0.6) is 5.75 Å². The molecule has 0 bridgehead atoms. The summed E-state index contributed by atoms with van der Waals surface area (Å²) in [6.07, 6.45) is 2.51. The lowest BCUT2D eigenvalue weighted by molar-refractivity contribution is 0.0697. The number of methoxy groups -OCH3 is 1. The van der Waals surface area contributed by atoms with E-state index in [0.717, 1.165) is 18.4 Å². The minimum absolute atomic E-state index is 0.00992. The summed E-state index contributed by atoms with van der Waals surface area (Å²) in [6, 6.07) is 14.3. The van der Waals surface area contributed by atoms with Crippen LogP contribution in [-0.4, -0.2) is 46.0 Å². The van der Waals surface area contributed by atoms with Crippen molar-refractivity contribution < 1.29 is 17.9 Å². The normalized spacial score (nSPS) is 15.3. The molecule has 0 radical (unpaired) electrons. The molecule has 3 rings (SSSR count). The highest BCUT2D eigenvalue weighted by atomic mass is 32.2. The van der Waals surface area contributed by atoms with E-state index in [4.69, 9.17) is 4.74 Å². The summed E-state index contributed by atoms with van der Waals surface area (Å²) in [5.41, 5.74) is 1.41. The minimum Gasteiger partial charge on any atom is -0.495 e. The van der Waals surface area contributed by atoms with E-state index in [1.54, 1.807) is 17.0 Å². The van der Waals surface area contributed by atoms with Gasteiger partial charge in [0.1, 0.15) is 10.6 Å². The van der Waals surface area contributed by atoms with Gasteiger partial charge in [-0.15, -0.1) is 0 Å². The van der Waals surface area contributed by atoms with E-state index in [0.29, 0.717) is 31.0 Å². The van der Waals surface area contributed by atoms with Crippen LogP contribution < -0.4 is 9.46 Å². The minimum atomic E-state index is -3.81. The first-order valence-electron chi connectivity index (χ1n) is 9.91. The molecule has 6 nitrogen and oxygen atoms in total. The summed E-state index contributed by atoms with van der Waals surface area (Å²) in [4.78, 5) is 14.6. The Bertz CT molecular complexity index is 937. The highest BCUT2D eigenvalue weighted by Gasteiger charge is 2.25. The average Bonchev–Trinajstić information content (AvgIpc) is 2.74. The maximum absolute atomic E-state index is 12.9. The first-order chi connectivity index (χ1) is 13.9. The molecule has 29 heavy (non-hydrogen) atoms. The first-order valence-corrected chi connectivity index (χ1v) is 11.4. The number of rotatable bonds is 7. The molecule has 1 heterocycles. The number of nitrogens with one attached hydrogen (secondary N) is 1. The second kappa shape index (κ2) is 9.41. The Balaban J connectivity index is 1.76. The fourth-order valence-electron chi connectivity index (χ4n) is 3.47. The fourth-order valence-corrected chi connectivity index (χ4v) is 4.69. The number of hydrogen-bond acceptors (Lipinski definition) is 4. The molecule has 1 amide bonds. The number of ether oxygens (including phenoxy) is 1. The third kappa shape index (κ3) is 5.36. The van der Waals surface area contributed by atoms with Gasteiger partial charge in [0.25, 0.3) is 5.91 Å². The number of carbonyl (C=O) groups excluding carboxylic acids is 1. The summed E-state index contributed by atoms with van der Waals surface area (Å²) in [5, 5.41) is 0. The van der Waals surface area contributed by atoms with E-state index in [9.17, 15) is 13.2 Å². The number of amides is 1. The van der Waals surface area contributed by atoms with Gasteiger partial charge in [-0.25, -0.2) is 13.1 Å². The lowest BCUT2D eigenvalue weighted by Gasteiger charge is -2.30. The monoisotopic (exact) mass is 416 g/mol. The summed E-state index contributed by atoms with van der Waals surface area (Å²) in [7, 11) is -2.39. The van der Waals surface area contributed by atoms with Gasteiger partial charge in [0.05, 0.1) is 7.11 Å². The summed E-state index contributed by atoms with van der Waals surface area (Å²) >= 11 is 0. The van der Waals surface area contributed by atoms with Crippen LogP contribution >= 0.6 is 0 Å². The summed E-state index contributed by atoms with van der Waals surface area (Å²) < 4.78 is 33.6. The van der Waals surface area contributed by atoms with Gasteiger partial charge in [-0.1, -0.05) is 37.3 Å². The number of benzene rings is 2. The third-order valence-electron chi connectivity index (χ3n) is 5.32. The van der Waals surface area contributed by atoms with Gasteiger partial charge in [-0.05, 0) is 48.9 Å². The molecule has 2 aromatic rings. The van der Waals surface area contributed by atoms with E-state index in [2.05, 4.69) is 11.6 Å². The van der Waals surface area contributed by atoms with Crippen LogP contribution in [0.2, 0.25) is 0 Å². The van der Waals surface area contributed by atoms with Crippen molar-refractivity contribution in [3.63, 3.8) is 0 Å². The van der Waals surface area contributed by atoms with Gasteiger partial charge in [0.15, 0.2) is 0 Å². The van der Waals surface area contributed by atoms with Gasteiger partial charge >= 0.3 is 0 Å². The van der Waals surface area contributed by atoms with Crippen LogP contribution in [-0.2, 0) is 16.4 Å². The standard InChI is InChI=1S/C22H28N2O4S/c1-17-11-14-24(15-12-17)22(25)19-8-9-20(28-2)21(16-19)29(26,27)23-13-10-18-6-4-3-5-7-18/h3-9,16-17,23H,10-15H2,1-2H3. The third-order valence-corrected chi connectivity index (χ3v) is 6.80. The zero-order valence-electron chi connectivity index (χ0n) is 16.9. The predicted octanol–water partition coefficient (Wildman–Crippen LogP) is 3.09. The van der Waals surface area contributed by atoms with Crippen molar-refractivity contribution in [3.05, 3.63) is 59.7 Å². The van der Waals surface area contributed by atoms with Gasteiger partial charge < -0.3 is 9.64 Å². The van der Waals surface area contributed by atoms with Gasteiger partial charge in [0, 0.05) is 25.2 Å². The van der Waals surface area contributed by atoms with Crippen molar-refractivity contribution in [1.82, 2.24) is 9.62 Å². The number of likely N-dealkylation sites (tertiary alicyclic amines) is 1. The van der Waals surface area contributed by atoms with E-state index >= 15 is 0 Å². The number of hydrogen-bond donors (Lipinski definition) is 1. The molecule has 0 atom stereocenters. The van der Waals surface area contributed by atoms with Crippen molar-refractivity contribution >= 4 is 15.9 Å². The number of nitrogens with zero attached hydrogens (tertiary/aromatic N) is 1. The summed E-state index contributed by atoms with van der Waals surface area (Å²) in [6.45, 7) is 3.84. The van der Waals surface area contributed by atoms with Crippen molar-refractivity contribution in [2.24, 2.45) is 5.92 Å². The van der Waals surface area contributed by atoms with Crippen LogP contribution in [0, 0.1) is 5.92 Å². The van der Waals surface area contributed by atoms with Crippen molar-refractivity contribution in [3.8, 4) is 5.75 Å². The molecule has 1 N–H and O–H groups in total. The molecule has 156 valence electrons. The lowest BCUT2D eigenvalue weighted by atomic mass is 9.98. The topological polar surface area (TPSA) is 75.7 Å². The second-order valence-electron chi connectivity index (χ2n) is 7.47. The van der Waals surface area contributed by atoms with Crippen LogP contribution in [0.1, 0.15) is 35.7 Å². The van der Waals surface area contributed by atoms with Gasteiger partial charge in [-0.3, -0.25) is 4.79 Å². The first kappa shape index (κ1) is 21.3. The van der Waals surface area contributed by atoms with E-state index in [-0.39, 0.29) is 23.1 Å². The van der Waals surface area contributed by atoms with Crippen LogP contribution in [0.25, 0.3) is 0 Å². The zero-order chi connectivity index (χ0) is 20.9. The molecule has 7 heteroatoms. The Morgan fingerprint density at radius 3 is 2.48 bits per heavy atom. The van der Waals surface area contributed by atoms with Gasteiger partial charge in [0.2, 0.25) is 10.0 Å². The quantitative estimate of drug-likeness (QED) is 0.753. The zero-order valence-corrected chi connectivity index (χ0v) is 17.7. The molecule has 1 aliphatic rings. The molecule has 0 spiro atoms. The van der Waals surface area contributed by atoms with E-state index in [1.165, 1.54) is 13.2 Å². The Kier molecular flexibility index (Phi) is 6.92. The van der Waals surface area contributed by atoms with Crippen molar-refractivity contribution in [2.45, 2.75) is 31.1 Å². The van der Waals surface area contributed by atoms with Crippen LogP contribution in [0.15, 0.2) is 53.4 Å². The molecular weight excluding hydrogens is 388 g/mol.